The summed E-state index contributed by atoms with van der Waals surface area (Å²) in [5, 5.41) is 4.33. The summed E-state index contributed by atoms with van der Waals surface area (Å²) >= 11 is 0. The summed E-state index contributed by atoms with van der Waals surface area (Å²) in [4.78, 5) is 12.9. The summed E-state index contributed by atoms with van der Waals surface area (Å²) in [6, 6.07) is 16.8. The summed E-state index contributed by atoms with van der Waals surface area (Å²) in [6.45, 7) is 4.50. The van der Waals surface area contributed by atoms with E-state index in [9.17, 15) is 21.6 Å². The van der Waals surface area contributed by atoms with Crippen molar-refractivity contribution in [2.45, 2.75) is 36.5 Å². The first-order chi connectivity index (χ1) is 16.2. The van der Waals surface area contributed by atoms with Crippen molar-refractivity contribution >= 4 is 48.1 Å². The maximum atomic E-state index is 13.0. The van der Waals surface area contributed by atoms with E-state index in [-0.39, 0.29) is 23.8 Å². The van der Waals surface area contributed by atoms with Crippen LogP contribution in [0.5, 0.6) is 0 Å². The number of rotatable bonds is 9. The first-order valence-electron chi connectivity index (χ1n) is 11.1. The van der Waals surface area contributed by atoms with E-state index >= 15 is 0 Å². The quantitative estimate of drug-likeness (QED) is 0.480. The van der Waals surface area contributed by atoms with Gasteiger partial charge in [-0.1, -0.05) is 38.1 Å². The molecule has 0 bridgehead atoms. The van der Waals surface area contributed by atoms with Gasteiger partial charge in [-0.2, -0.15) is 4.31 Å². The van der Waals surface area contributed by atoms with Gasteiger partial charge >= 0.3 is 0 Å². The molecule has 8 nitrogen and oxygen atoms in total. The van der Waals surface area contributed by atoms with Crippen LogP contribution in [0.2, 0.25) is 0 Å². The van der Waals surface area contributed by atoms with Crippen LogP contribution in [-0.2, 0) is 24.8 Å². The van der Waals surface area contributed by atoms with Crippen LogP contribution in [0.4, 0.5) is 11.4 Å². The Morgan fingerprint density at radius 2 is 1.62 bits per heavy atom. The van der Waals surface area contributed by atoms with Crippen molar-refractivity contribution in [2.24, 2.45) is 0 Å². The van der Waals surface area contributed by atoms with Crippen molar-refractivity contribution in [1.82, 2.24) is 4.31 Å². The van der Waals surface area contributed by atoms with Crippen LogP contribution in [-0.4, -0.2) is 46.7 Å². The minimum atomic E-state index is -3.64. The fraction of sp³-hybridized carbons (Fsp3) is 0.292. The Morgan fingerprint density at radius 3 is 2.26 bits per heavy atom. The zero-order valence-electron chi connectivity index (χ0n) is 19.1. The third-order valence-electron chi connectivity index (χ3n) is 5.93. The molecule has 0 atom stereocenters. The molecule has 1 aliphatic heterocycles. The topological polar surface area (TPSA) is 104 Å². The number of amides is 1. The predicted octanol–water partition coefficient (Wildman–Crippen LogP) is 3.80. The molecule has 0 spiro atoms. The van der Waals surface area contributed by atoms with Crippen molar-refractivity contribution in [2.75, 3.05) is 29.3 Å². The zero-order chi connectivity index (χ0) is 24.5. The van der Waals surface area contributed by atoms with Crippen molar-refractivity contribution in [3.05, 3.63) is 60.7 Å². The molecule has 3 aromatic rings. The van der Waals surface area contributed by atoms with E-state index in [1.54, 1.807) is 44.2 Å². The van der Waals surface area contributed by atoms with Crippen molar-refractivity contribution in [3.63, 3.8) is 0 Å². The molecule has 180 valence electrons. The first-order valence-corrected chi connectivity index (χ1v) is 14.0. The molecule has 0 unspecified atom stereocenters. The van der Waals surface area contributed by atoms with E-state index in [1.165, 1.54) is 20.7 Å². The Hall–Kier alpha value is -2.95. The number of anilines is 2. The predicted molar refractivity (Wildman–Crippen MR) is 133 cm³/mol. The molecule has 3 aromatic carbocycles. The molecule has 0 fully saturated rings. The van der Waals surface area contributed by atoms with E-state index in [4.69, 9.17) is 0 Å². The van der Waals surface area contributed by atoms with Crippen LogP contribution in [0, 0.1) is 0 Å². The molecule has 0 aliphatic carbocycles. The van der Waals surface area contributed by atoms with Crippen molar-refractivity contribution in [1.29, 1.82) is 0 Å². The lowest BCUT2D eigenvalue weighted by Crippen LogP contribution is -2.30. The molecular weight excluding hydrogens is 474 g/mol. The molecule has 0 saturated heterocycles. The van der Waals surface area contributed by atoms with Crippen LogP contribution < -0.4 is 9.62 Å². The molecule has 0 saturated carbocycles. The largest absolute Gasteiger partial charge is 0.326 e. The molecule has 1 N–H and O–H groups in total. The van der Waals surface area contributed by atoms with E-state index in [0.717, 1.165) is 5.39 Å². The van der Waals surface area contributed by atoms with Gasteiger partial charge in [0.2, 0.25) is 15.9 Å². The number of carbonyl (C=O) groups excluding carboxylic acids is 1. The summed E-state index contributed by atoms with van der Waals surface area (Å²) in [5.74, 6) is -0.272. The van der Waals surface area contributed by atoms with Gasteiger partial charge in [-0.25, -0.2) is 16.8 Å². The average molecular weight is 502 g/mol. The lowest BCUT2D eigenvalue weighted by atomic mass is 10.1. The van der Waals surface area contributed by atoms with Gasteiger partial charge in [-0.15, -0.1) is 0 Å². The molecule has 0 aromatic heterocycles. The number of benzene rings is 3. The summed E-state index contributed by atoms with van der Waals surface area (Å²) < 4.78 is 53.9. The van der Waals surface area contributed by atoms with E-state index in [0.29, 0.717) is 41.2 Å². The van der Waals surface area contributed by atoms with Crippen LogP contribution in [0.3, 0.4) is 0 Å². The number of carbonyl (C=O) groups is 1. The Morgan fingerprint density at radius 1 is 0.971 bits per heavy atom. The second kappa shape index (κ2) is 9.36. The smallest absolute Gasteiger partial charge is 0.265 e. The van der Waals surface area contributed by atoms with Crippen molar-refractivity contribution in [3.8, 4) is 0 Å². The fourth-order valence-corrected chi connectivity index (χ4v) is 7.44. The normalized spacial score (nSPS) is 14.6. The average Bonchev–Trinajstić information content (AvgIpc) is 3.03. The van der Waals surface area contributed by atoms with Crippen LogP contribution >= 0.6 is 0 Å². The number of hydrogen-bond acceptors (Lipinski definition) is 5. The third kappa shape index (κ3) is 4.28. The second-order valence-electron chi connectivity index (χ2n) is 7.97. The maximum absolute atomic E-state index is 13.0. The number of hydrogen-bond donors (Lipinski definition) is 1. The number of nitrogens with one attached hydrogen (secondary N) is 1. The minimum Gasteiger partial charge on any atom is -0.326 e. The maximum Gasteiger partial charge on any atom is 0.265 e. The van der Waals surface area contributed by atoms with Gasteiger partial charge in [0.25, 0.3) is 10.0 Å². The molecule has 1 heterocycles. The van der Waals surface area contributed by atoms with Gasteiger partial charge in [0.1, 0.15) is 0 Å². The monoisotopic (exact) mass is 501 g/mol. The molecule has 34 heavy (non-hydrogen) atoms. The van der Waals surface area contributed by atoms with Gasteiger partial charge in [-0.3, -0.25) is 9.10 Å². The molecule has 0 radical (unpaired) electrons. The Bertz CT molecular complexity index is 1430. The zero-order valence-corrected chi connectivity index (χ0v) is 20.7. The van der Waals surface area contributed by atoms with Crippen molar-refractivity contribution < 1.29 is 21.6 Å². The van der Waals surface area contributed by atoms with E-state index < -0.39 is 20.0 Å². The highest BCUT2D eigenvalue weighted by Gasteiger charge is 2.35. The molecule has 1 amide bonds. The number of sulfonamides is 2. The van der Waals surface area contributed by atoms with Gasteiger partial charge in [0, 0.05) is 37.1 Å². The lowest BCUT2D eigenvalue weighted by molar-refractivity contribution is -0.116. The molecule has 10 heteroatoms. The van der Waals surface area contributed by atoms with Crippen LogP contribution in [0.1, 0.15) is 26.7 Å². The van der Waals surface area contributed by atoms with Gasteiger partial charge in [0.05, 0.1) is 15.5 Å². The highest BCUT2D eigenvalue weighted by molar-refractivity contribution is 7.93. The minimum absolute atomic E-state index is 0.123. The standard InChI is InChI=1S/C24H27N3O5S2/c1-3-26(4-2)33(29,30)20-15-13-19(14-16-20)25-23(28)12-7-17-27-21-10-5-8-18-9-6-11-22(24(18)21)34(27,31)32/h5-6,8-11,13-16H,3-4,7,12,17H2,1-2H3,(H,25,28). The van der Waals surface area contributed by atoms with Crippen LogP contribution in [0.15, 0.2) is 70.5 Å². The highest BCUT2D eigenvalue weighted by Crippen LogP contribution is 2.41. The third-order valence-corrected chi connectivity index (χ3v) is 9.85. The highest BCUT2D eigenvalue weighted by atomic mass is 32.2. The second-order valence-corrected chi connectivity index (χ2v) is 11.7. The number of nitrogens with zero attached hydrogens (tertiary/aromatic N) is 2. The fourth-order valence-electron chi connectivity index (χ4n) is 4.23. The molecule has 1 aliphatic rings. The summed E-state index contributed by atoms with van der Waals surface area (Å²) in [5.41, 5.74) is 1.12. The Kier molecular flexibility index (Phi) is 6.66. The van der Waals surface area contributed by atoms with Gasteiger partial charge < -0.3 is 5.32 Å². The first kappa shape index (κ1) is 24.2. The Balaban J connectivity index is 1.38. The molecule has 4 rings (SSSR count). The summed E-state index contributed by atoms with van der Waals surface area (Å²) in [6.07, 6.45) is 0.460. The van der Waals surface area contributed by atoms with E-state index in [2.05, 4.69) is 5.32 Å². The van der Waals surface area contributed by atoms with Gasteiger partial charge in [-0.05, 0) is 48.2 Å². The lowest BCUT2D eigenvalue weighted by Gasteiger charge is -2.19. The van der Waals surface area contributed by atoms with E-state index in [1.807, 2.05) is 18.2 Å². The molecular formula is C24H27N3O5S2. The Labute approximate surface area is 200 Å². The summed E-state index contributed by atoms with van der Waals surface area (Å²) in [7, 11) is -7.21. The van der Waals surface area contributed by atoms with Crippen LogP contribution in [0.25, 0.3) is 10.8 Å². The van der Waals surface area contributed by atoms with Gasteiger partial charge in [0.15, 0.2) is 0 Å². The SMILES string of the molecule is CCN(CC)S(=O)(=O)c1ccc(NC(=O)CCCN2c3cccc4cccc(c34)S2(=O)=O)cc1.